The van der Waals surface area contributed by atoms with E-state index in [4.69, 9.17) is 16.2 Å². The van der Waals surface area contributed by atoms with Crippen LogP contribution in [0.3, 0.4) is 0 Å². The van der Waals surface area contributed by atoms with Crippen LogP contribution in [0.25, 0.3) is 0 Å². The van der Waals surface area contributed by atoms with Gasteiger partial charge in [0, 0.05) is 12.1 Å². The quantitative estimate of drug-likeness (QED) is 0.765. The number of nitrogens with two attached hydrogens (primary N) is 2. The van der Waals surface area contributed by atoms with E-state index in [1.165, 1.54) is 0 Å². The SMILES string of the molecule is CC(N)C1=CCC(C(=O)OC(C)(C)C)(C(C)N)C=C1. The summed E-state index contributed by atoms with van der Waals surface area (Å²) in [5.41, 5.74) is 11.6. The number of hydrogen-bond acceptors (Lipinski definition) is 4. The molecule has 0 aromatic heterocycles. The lowest BCUT2D eigenvalue weighted by atomic mass is 9.74. The van der Waals surface area contributed by atoms with Crippen molar-refractivity contribution in [2.45, 2.75) is 58.7 Å². The third-order valence-electron chi connectivity index (χ3n) is 3.37. The van der Waals surface area contributed by atoms with Gasteiger partial charge in [0.05, 0.1) is 0 Å². The van der Waals surface area contributed by atoms with Gasteiger partial charge in [0.15, 0.2) is 0 Å². The minimum absolute atomic E-state index is 0.0408. The molecule has 19 heavy (non-hydrogen) atoms. The van der Waals surface area contributed by atoms with Crippen LogP contribution < -0.4 is 11.5 Å². The molecule has 0 fully saturated rings. The smallest absolute Gasteiger partial charge is 0.318 e. The molecule has 3 atom stereocenters. The van der Waals surface area contributed by atoms with Crippen molar-refractivity contribution in [1.82, 2.24) is 0 Å². The van der Waals surface area contributed by atoms with Crippen LogP contribution in [0.15, 0.2) is 23.8 Å². The van der Waals surface area contributed by atoms with Crippen molar-refractivity contribution in [3.05, 3.63) is 23.8 Å². The molecule has 0 heterocycles. The third-order valence-corrected chi connectivity index (χ3v) is 3.37. The standard InChI is InChI=1S/C15H26N2O2/c1-10(16)12-6-8-15(9-7-12,11(2)17)13(18)19-14(3,4)5/h6-8,10-11H,9,16-17H2,1-5H3. The molecule has 1 rings (SSSR count). The monoisotopic (exact) mass is 266 g/mol. The Morgan fingerprint density at radius 1 is 1.37 bits per heavy atom. The van der Waals surface area contributed by atoms with Gasteiger partial charge < -0.3 is 16.2 Å². The Labute approximate surface area is 115 Å². The molecule has 1 aliphatic rings. The molecule has 0 aromatic rings. The fourth-order valence-electron chi connectivity index (χ4n) is 2.05. The Balaban J connectivity index is 2.98. The van der Waals surface area contributed by atoms with Crippen LogP contribution in [0.5, 0.6) is 0 Å². The first-order valence-electron chi connectivity index (χ1n) is 6.72. The minimum atomic E-state index is -0.786. The van der Waals surface area contributed by atoms with Crippen LogP contribution in [0, 0.1) is 5.41 Å². The number of hydrogen-bond donors (Lipinski definition) is 2. The summed E-state index contributed by atoms with van der Waals surface area (Å²) in [6.45, 7) is 9.32. The molecule has 0 saturated heterocycles. The molecule has 4 nitrogen and oxygen atoms in total. The molecule has 108 valence electrons. The summed E-state index contributed by atoms with van der Waals surface area (Å²) < 4.78 is 5.51. The average molecular weight is 266 g/mol. The lowest BCUT2D eigenvalue weighted by molar-refractivity contribution is -0.165. The van der Waals surface area contributed by atoms with Crippen LogP contribution in [-0.2, 0) is 9.53 Å². The van der Waals surface area contributed by atoms with Crippen LogP contribution in [-0.4, -0.2) is 23.7 Å². The van der Waals surface area contributed by atoms with Gasteiger partial charge in [-0.3, -0.25) is 4.79 Å². The van der Waals surface area contributed by atoms with Crippen LogP contribution in [0.4, 0.5) is 0 Å². The molecular weight excluding hydrogens is 240 g/mol. The molecule has 4 N–H and O–H groups in total. The van der Waals surface area contributed by atoms with Gasteiger partial charge in [0.25, 0.3) is 0 Å². The number of allylic oxidation sites excluding steroid dienone is 1. The van der Waals surface area contributed by atoms with E-state index in [-0.39, 0.29) is 18.1 Å². The predicted octanol–water partition coefficient (Wildman–Crippen LogP) is 1.90. The van der Waals surface area contributed by atoms with E-state index in [0.717, 1.165) is 5.57 Å². The molecule has 0 amide bonds. The van der Waals surface area contributed by atoms with E-state index in [0.29, 0.717) is 6.42 Å². The summed E-state index contributed by atoms with van der Waals surface area (Å²) in [7, 11) is 0. The Morgan fingerprint density at radius 3 is 2.26 bits per heavy atom. The zero-order valence-electron chi connectivity index (χ0n) is 12.6. The van der Waals surface area contributed by atoms with E-state index in [2.05, 4.69) is 0 Å². The number of esters is 1. The van der Waals surface area contributed by atoms with Gasteiger partial charge in [0.1, 0.15) is 11.0 Å². The first-order valence-corrected chi connectivity index (χ1v) is 6.72. The molecule has 0 spiro atoms. The van der Waals surface area contributed by atoms with Crippen LogP contribution in [0.1, 0.15) is 41.0 Å². The topological polar surface area (TPSA) is 78.3 Å². The highest BCUT2D eigenvalue weighted by Gasteiger charge is 2.43. The number of rotatable bonds is 3. The van der Waals surface area contributed by atoms with E-state index in [1.54, 1.807) is 0 Å². The first-order chi connectivity index (χ1) is 8.58. The molecular formula is C15H26N2O2. The molecule has 0 bridgehead atoms. The molecule has 0 radical (unpaired) electrons. The van der Waals surface area contributed by atoms with Crippen LogP contribution in [0.2, 0.25) is 0 Å². The van der Waals surface area contributed by atoms with Crippen molar-refractivity contribution in [3.63, 3.8) is 0 Å². The summed E-state index contributed by atoms with van der Waals surface area (Å²) in [6, 6.07) is -0.356. The van der Waals surface area contributed by atoms with Crippen molar-refractivity contribution < 1.29 is 9.53 Å². The maximum atomic E-state index is 12.4. The molecule has 1 aliphatic carbocycles. The molecule has 0 saturated carbocycles. The molecule has 0 aliphatic heterocycles. The second-order valence-electron chi connectivity index (χ2n) is 6.36. The zero-order chi connectivity index (χ0) is 14.8. The summed E-state index contributed by atoms with van der Waals surface area (Å²) >= 11 is 0. The largest absolute Gasteiger partial charge is 0.459 e. The highest BCUT2D eigenvalue weighted by Crippen LogP contribution is 2.35. The van der Waals surface area contributed by atoms with Crippen molar-refractivity contribution in [3.8, 4) is 0 Å². The molecule has 0 aromatic carbocycles. The second-order valence-corrected chi connectivity index (χ2v) is 6.36. The Hall–Kier alpha value is -1.13. The van der Waals surface area contributed by atoms with Gasteiger partial charge in [-0.25, -0.2) is 0 Å². The molecule has 3 unspecified atom stereocenters. The van der Waals surface area contributed by atoms with Gasteiger partial charge in [-0.1, -0.05) is 18.2 Å². The maximum Gasteiger partial charge on any atom is 0.318 e. The van der Waals surface area contributed by atoms with E-state index < -0.39 is 11.0 Å². The normalized spacial score (nSPS) is 26.6. The Bertz CT molecular complexity index is 403. The van der Waals surface area contributed by atoms with Crippen molar-refractivity contribution in [2.24, 2.45) is 16.9 Å². The summed E-state index contributed by atoms with van der Waals surface area (Å²) in [4.78, 5) is 12.4. The van der Waals surface area contributed by atoms with Crippen molar-refractivity contribution >= 4 is 5.97 Å². The Morgan fingerprint density at radius 2 is 1.95 bits per heavy atom. The fraction of sp³-hybridized carbons (Fsp3) is 0.667. The Kier molecular flexibility index (Phi) is 4.59. The summed E-state index contributed by atoms with van der Waals surface area (Å²) in [5.74, 6) is -0.272. The summed E-state index contributed by atoms with van der Waals surface area (Å²) in [5, 5.41) is 0. The number of carbonyl (C=O) groups excluding carboxylic acids is 1. The van der Waals surface area contributed by atoms with Gasteiger partial charge in [-0.2, -0.15) is 0 Å². The predicted molar refractivity (Wildman–Crippen MR) is 77.4 cm³/mol. The fourth-order valence-corrected chi connectivity index (χ4v) is 2.05. The molecule has 4 heteroatoms. The zero-order valence-corrected chi connectivity index (χ0v) is 12.6. The highest BCUT2D eigenvalue weighted by atomic mass is 16.6. The van der Waals surface area contributed by atoms with Crippen LogP contribution >= 0.6 is 0 Å². The van der Waals surface area contributed by atoms with Gasteiger partial charge in [0.2, 0.25) is 0 Å². The van der Waals surface area contributed by atoms with E-state index in [1.807, 2.05) is 52.8 Å². The minimum Gasteiger partial charge on any atom is -0.459 e. The van der Waals surface area contributed by atoms with Crippen molar-refractivity contribution in [1.29, 1.82) is 0 Å². The van der Waals surface area contributed by atoms with E-state index in [9.17, 15) is 4.79 Å². The first kappa shape index (κ1) is 15.9. The van der Waals surface area contributed by atoms with E-state index >= 15 is 0 Å². The maximum absolute atomic E-state index is 12.4. The highest BCUT2D eigenvalue weighted by molar-refractivity contribution is 5.81. The third kappa shape index (κ3) is 3.67. The lowest BCUT2D eigenvalue weighted by Crippen LogP contribution is -2.48. The van der Waals surface area contributed by atoms with Gasteiger partial charge >= 0.3 is 5.97 Å². The lowest BCUT2D eigenvalue weighted by Gasteiger charge is -2.36. The number of ether oxygens (including phenoxy) is 1. The van der Waals surface area contributed by atoms with Gasteiger partial charge in [-0.15, -0.1) is 0 Å². The average Bonchev–Trinajstić information content (AvgIpc) is 2.26. The summed E-state index contributed by atoms with van der Waals surface area (Å²) in [6.07, 6.45) is 6.26. The van der Waals surface area contributed by atoms with Gasteiger partial charge in [-0.05, 0) is 46.6 Å². The number of carbonyl (C=O) groups is 1. The second kappa shape index (κ2) is 5.47. The van der Waals surface area contributed by atoms with Crippen molar-refractivity contribution in [2.75, 3.05) is 0 Å².